The van der Waals surface area contributed by atoms with Gasteiger partial charge in [0.1, 0.15) is 11.2 Å². The Kier molecular flexibility index (Phi) is 7.72. The Hall–Kier alpha value is -6.39. The van der Waals surface area contributed by atoms with Gasteiger partial charge in [-0.3, -0.25) is 0 Å². The molecule has 0 saturated carbocycles. The maximum absolute atomic E-state index is 2.55. The minimum absolute atomic E-state index is 0.0266. The summed E-state index contributed by atoms with van der Waals surface area (Å²) in [5.41, 5.74) is 15.7. The number of aromatic nitrogens is 4. The lowest BCUT2D eigenvalue weighted by molar-refractivity contribution is -0.573. The second kappa shape index (κ2) is 12.6. The third kappa shape index (κ3) is 5.23. The van der Waals surface area contributed by atoms with Crippen molar-refractivity contribution in [2.45, 2.75) is 66.2 Å². The molecule has 4 nitrogen and oxygen atoms in total. The van der Waals surface area contributed by atoms with Gasteiger partial charge in [-0.15, -0.1) is 0 Å². The molecular formula is C53H49N4+. The fourth-order valence-electron chi connectivity index (χ4n) is 9.48. The van der Waals surface area contributed by atoms with Gasteiger partial charge in [-0.05, 0) is 89.5 Å². The molecule has 0 radical (unpaired) electrons. The number of imidazole rings is 1. The SMILES string of the molecule is Cc1c(-n2c(C)[n+](-c3c(-n4c5ccccc5c5ccccc54)ccc4c5ccccc5n(-c5ccccc5)c34)c3ccccc32)cc(C(C)(C)C)cc1C(C)(C)C. The molecule has 0 saturated heterocycles. The predicted molar refractivity (Wildman–Crippen MR) is 240 cm³/mol. The lowest BCUT2D eigenvalue weighted by Gasteiger charge is -2.28. The molecule has 0 N–H and O–H groups in total. The first kappa shape index (κ1) is 35.1. The second-order valence-corrected chi connectivity index (χ2v) is 17.8. The highest BCUT2D eigenvalue weighted by Gasteiger charge is 2.34. The summed E-state index contributed by atoms with van der Waals surface area (Å²) in [5.74, 6) is 1.14. The van der Waals surface area contributed by atoms with Crippen LogP contribution in [0.2, 0.25) is 0 Å². The molecule has 0 atom stereocenters. The number of nitrogens with zero attached hydrogens (tertiary/aromatic N) is 4. The molecule has 3 heterocycles. The van der Waals surface area contributed by atoms with Crippen molar-refractivity contribution >= 4 is 54.6 Å². The van der Waals surface area contributed by atoms with Crippen LogP contribution in [0, 0.1) is 13.8 Å². The van der Waals surface area contributed by atoms with E-state index in [9.17, 15) is 0 Å². The largest absolute Gasteiger partial charge is 0.305 e. The summed E-state index contributed by atoms with van der Waals surface area (Å²) < 4.78 is 10.1. The average Bonchev–Trinajstić information content (AvgIpc) is 3.82. The van der Waals surface area contributed by atoms with E-state index < -0.39 is 0 Å². The fraction of sp³-hybridized carbons (Fsp3) is 0.189. The fourth-order valence-corrected chi connectivity index (χ4v) is 9.48. The van der Waals surface area contributed by atoms with E-state index in [0.29, 0.717) is 0 Å². The minimum Gasteiger partial charge on any atom is -0.305 e. The molecule has 0 spiro atoms. The number of rotatable bonds is 4. The molecule has 10 aromatic rings. The summed E-state index contributed by atoms with van der Waals surface area (Å²) in [6.45, 7) is 18.6. The average molecular weight is 742 g/mol. The summed E-state index contributed by atoms with van der Waals surface area (Å²) in [6, 6.07) is 56.0. The summed E-state index contributed by atoms with van der Waals surface area (Å²) in [5, 5.41) is 4.95. The highest BCUT2D eigenvalue weighted by molar-refractivity contribution is 6.14. The first-order valence-electron chi connectivity index (χ1n) is 20.2. The van der Waals surface area contributed by atoms with Gasteiger partial charge in [0.05, 0.1) is 22.2 Å². The molecule has 0 aliphatic carbocycles. The van der Waals surface area contributed by atoms with Crippen molar-refractivity contribution in [1.29, 1.82) is 0 Å². The number of para-hydroxylation sites is 6. The number of fused-ring (bicyclic) bond motifs is 7. The van der Waals surface area contributed by atoms with Crippen molar-refractivity contribution in [3.05, 3.63) is 174 Å². The van der Waals surface area contributed by atoms with Crippen LogP contribution in [0.1, 0.15) is 64.1 Å². The molecule has 3 aromatic heterocycles. The van der Waals surface area contributed by atoms with Crippen LogP contribution in [0.3, 0.4) is 0 Å². The van der Waals surface area contributed by atoms with Gasteiger partial charge in [-0.25, -0.2) is 0 Å². The monoisotopic (exact) mass is 741 g/mol. The smallest absolute Gasteiger partial charge is 0.264 e. The molecule has 4 heteroatoms. The van der Waals surface area contributed by atoms with Crippen LogP contribution in [-0.4, -0.2) is 13.7 Å². The van der Waals surface area contributed by atoms with Crippen LogP contribution >= 0.6 is 0 Å². The van der Waals surface area contributed by atoms with Gasteiger partial charge >= 0.3 is 0 Å². The normalized spacial score (nSPS) is 12.6. The van der Waals surface area contributed by atoms with Crippen molar-refractivity contribution < 1.29 is 4.57 Å². The van der Waals surface area contributed by atoms with Crippen LogP contribution < -0.4 is 4.57 Å². The van der Waals surface area contributed by atoms with Gasteiger partial charge in [0, 0.05) is 39.7 Å². The molecule has 0 aliphatic rings. The lowest BCUT2D eigenvalue weighted by Crippen LogP contribution is -2.36. The standard InChI is InChI=1S/C53H49N4/c1-34-42(53(6,7)8)32-36(52(3,4)5)33-49(34)54-35(2)55(47-29-19-18-28-46(47)54)51-48(57-44-26-16-12-22-38(44)39-23-13-17-27-45(39)57)31-30-41-40-24-14-15-25-43(40)56(50(41)51)37-20-10-9-11-21-37/h9-33H,1-8H3/q+1. The summed E-state index contributed by atoms with van der Waals surface area (Å²) >= 11 is 0. The molecule has 0 bridgehead atoms. The summed E-state index contributed by atoms with van der Waals surface area (Å²) in [4.78, 5) is 0. The van der Waals surface area contributed by atoms with Crippen LogP contribution in [0.15, 0.2) is 152 Å². The first-order chi connectivity index (χ1) is 27.4. The third-order valence-electron chi connectivity index (χ3n) is 12.2. The first-order valence-corrected chi connectivity index (χ1v) is 20.2. The van der Waals surface area contributed by atoms with E-state index >= 15 is 0 Å². The van der Waals surface area contributed by atoms with E-state index in [2.05, 4.69) is 225 Å². The van der Waals surface area contributed by atoms with Crippen LogP contribution in [0.25, 0.3) is 77.4 Å². The van der Waals surface area contributed by atoms with E-state index in [4.69, 9.17) is 0 Å². The molecule has 10 rings (SSSR count). The van der Waals surface area contributed by atoms with Crippen molar-refractivity contribution in [1.82, 2.24) is 13.7 Å². The molecule has 0 fully saturated rings. The Labute approximate surface area is 334 Å². The van der Waals surface area contributed by atoms with Crippen LogP contribution in [0.4, 0.5) is 0 Å². The Balaban J connectivity index is 1.44. The minimum atomic E-state index is -0.0289. The lowest BCUT2D eigenvalue weighted by atomic mass is 9.78. The topological polar surface area (TPSA) is 18.7 Å². The summed E-state index contributed by atoms with van der Waals surface area (Å²) in [6.07, 6.45) is 0. The van der Waals surface area contributed by atoms with Gasteiger partial charge in [-0.2, -0.15) is 9.13 Å². The summed E-state index contributed by atoms with van der Waals surface area (Å²) in [7, 11) is 0. The zero-order valence-electron chi connectivity index (χ0n) is 34.2. The molecular weight excluding hydrogens is 693 g/mol. The Morgan fingerprint density at radius 3 is 1.56 bits per heavy atom. The van der Waals surface area contributed by atoms with E-state index in [1.165, 1.54) is 71.5 Å². The van der Waals surface area contributed by atoms with E-state index in [0.717, 1.165) is 28.4 Å². The highest BCUT2D eigenvalue weighted by Crippen LogP contribution is 2.42. The Morgan fingerprint density at radius 1 is 0.439 bits per heavy atom. The second-order valence-electron chi connectivity index (χ2n) is 17.8. The zero-order valence-corrected chi connectivity index (χ0v) is 34.2. The molecule has 280 valence electrons. The van der Waals surface area contributed by atoms with Crippen LogP contribution in [0.5, 0.6) is 0 Å². The third-order valence-corrected chi connectivity index (χ3v) is 12.2. The highest BCUT2D eigenvalue weighted by atomic mass is 15.2. The van der Waals surface area contributed by atoms with Gasteiger partial charge in [-0.1, -0.05) is 133 Å². The molecule has 0 aliphatic heterocycles. The van der Waals surface area contributed by atoms with Crippen molar-refractivity contribution in [2.24, 2.45) is 0 Å². The zero-order chi connectivity index (χ0) is 39.4. The Bertz CT molecular complexity index is 3160. The maximum Gasteiger partial charge on any atom is 0.264 e. The maximum atomic E-state index is 2.55. The number of hydrogen-bond donors (Lipinski definition) is 0. The van der Waals surface area contributed by atoms with Gasteiger partial charge in [0.25, 0.3) is 5.82 Å². The number of hydrogen-bond acceptors (Lipinski definition) is 0. The predicted octanol–water partition coefficient (Wildman–Crippen LogP) is 13.3. The molecule has 0 amide bonds. The van der Waals surface area contributed by atoms with Gasteiger partial charge < -0.3 is 9.13 Å². The van der Waals surface area contributed by atoms with E-state index in [1.807, 2.05) is 0 Å². The quantitative estimate of drug-likeness (QED) is 0.160. The van der Waals surface area contributed by atoms with Gasteiger partial charge in [0.2, 0.25) is 0 Å². The van der Waals surface area contributed by atoms with E-state index in [-0.39, 0.29) is 10.8 Å². The van der Waals surface area contributed by atoms with Gasteiger partial charge in [0.15, 0.2) is 16.7 Å². The molecule has 7 aromatic carbocycles. The van der Waals surface area contributed by atoms with Crippen molar-refractivity contribution in [3.63, 3.8) is 0 Å². The van der Waals surface area contributed by atoms with E-state index in [1.54, 1.807) is 0 Å². The molecule has 57 heavy (non-hydrogen) atoms. The van der Waals surface area contributed by atoms with Crippen molar-refractivity contribution in [3.8, 4) is 22.7 Å². The Morgan fingerprint density at radius 2 is 0.965 bits per heavy atom. The van der Waals surface area contributed by atoms with Crippen molar-refractivity contribution in [2.75, 3.05) is 0 Å². The molecule has 0 unspecified atom stereocenters. The van der Waals surface area contributed by atoms with Crippen LogP contribution in [-0.2, 0) is 10.8 Å². The number of benzene rings is 7.